The third-order valence-electron chi connectivity index (χ3n) is 4.41. The fourth-order valence-corrected chi connectivity index (χ4v) is 3.62. The van der Waals surface area contributed by atoms with E-state index >= 15 is 0 Å². The van der Waals surface area contributed by atoms with Crippen molar-refractivity contribution in [2.24, 2.45) is 0 Å². The molecule has 1 aromatic heterocycles. The zero-order chi connectivity index (χ0) is 18.6. The van der Waals surface area contributed by atoms with Crippen LogP contribution >= 0.6 is 11.3 Å². The van der Waals surface area contributed by atoms with E-state index in [1.54, 1.807) is 12.1 Å². The highest BCUT2D eigenvalue weighted by Crippen LogP contribution is 2.32. The number of nitrogen functional groups attached to an aromatic ring is 1. The van der Waals surface area contributed by atoms with Gasteiger partial charge < -0.3 is 20.7 Å². The molecule has 0 spiro atoms. The Balaban J connectivity index is 1.69. The molecule has 0 bridgehead atoms. The van der Waals surface area contributed by atoms with Crippen molar-refractivity contribution in [2.75, 3.05) is 42.3 Å². The number of thiazole rings is 1. The smallest absolute Gasteiger partial charge is 0.180 e. The van der Waals surface area contributed by atoms with Gasteiger partial charge in [0.15, 0.2) is 5.13 Å². The van der Waals surface area contributed by atoms with Crippen molar-refractivity contribution >= 4 is 33.5 Å². The normalized spacial score (nSPS) is 14.0. The molecule has 1 fully saturated rings. The number of aromatic nitrogens is 1. The molecule has 1 aliphatic rings. The zero-order valence-corrected chi connectivity index (χ0v) is 15.5. The quantitative estimate of drug-likeness (QED) is 0.718. The highest BCUT2D eigenvalue weighted by molar-refractivity contribution is 7.13. The average Bonchev–Trinajstić information content (AvgIpc) is 3.15. The lowest BCUT2D eigenvalue weighted by atomic mass is 10.1. The molecule has 2 heterocycles. The number of nitrogens with zero attached hydrogens (tertiary/aromatic N) is 3. The van der Waals surface area contributed by atoms with Crippen molar-refractivity contribution in [2.45, 2.75) is 0 Å². The van der Waals surface area contributed by atoms with Gasteiger partial charge in [0.2, 0.25) is 0 Å². The average molecular weight is 377 g/mol. The largest absolute Gasteiger partial charge is 0.378 e. The lowest BCUT2D eigenvalue weighted by molar-refractivity contribution is 0.122. The van der Waals surface area contributed by atoms with Crippen molar-refractivity contribution < 1.29 is 4.74 Å². The number of nitrogens with one attached hydrogen (secondary N) is 1. The van der Waals surface area contributed by atoms with Crippen LogP contribution in [0.15, 0.2) is 47.8 Å². The van der Waals surface area contributed by atoms with Crippen LogP contribution in [0.1, 0.15) is 5.56 Å². The second-order valence-electron chi connectivity index (χ2n) is 6.25. The van der Waals surface area contributed by atoms with Gasteiger partial charge in [0, 0.05) is 41.1 Å². The second-order valence-corrected chi connectivity index (χ2v) is 7.14. The van der Waals surface area contributed by atoms with Gasteiger partial charge in [-0.05, 0) is 42.5 Å². The van der Waals surface area contributed by atoms with Crippen LogP contribution in [0.2, 0.25) is 0 Å². The van der Waals surface area contributed by atoms with Crippen molar-refractivity contribution in [1.82, 2.24) is 4.98 Å². The summed E-state index contributed by atoms with van der Waals surface area (Å²) in [5, 5.41) is 14.9. The highest BCUT2D eigenvalue weighted by atomic mass is 32.1. The molecular weight excluding hydrogens is 358 g/mol. The molecule has 7 heteroatoms. The minimum atomic E-state index is 0.559. The van der Waals surface area contributed by atoms with E-state index in [0.29, 0.717) is 10.7 Å². The minimum absolute atomic E-state index is 0.559. The summed E-state index contributed by atoms with van der Waals surface area (Å²) in [6.45, 7) is 3.18. The molecule has 2 aromatic carbocycles. The Hall–Kier alpha value is -3.08. The molecule has 1 saturated heterocycles. The van der Waals surface area contributed by atoms with E-state index in [9.17, 15) is 0 Å². The molecule has 3 N–H and O–H groups in total. The number of benzene rings is 2. The topological polar surface area (TPSA) is 87.2 Å². The summed E-state index contributed by atoms with van der Waals surface area (Å²) >= 11 is 1.44. The van der Waals surface area contributed by atoms with Crippen LogP contribution in [-0.2, 0) is 4.74 Å². The first-order valence-corrected chi connectivity index (χ1v) is 9.55. The van der Waals surface area contributed by atoms with Crippen LogP contribution in [0.3, 0.4) is 0 Å². The maximum Gasteiger partial charge on any atom is 0.180 e. The third kappa shape index (κ3) is 4.03. The van der Waals surface area contributed by atoms with Gasteiger partial charge in [-0.2, -0.15) is 5.26 Å². The summed E-state index contributed by atoms with van der Waals surface area (Å²) in [4.78, 5) is 6.74. The molecule has 0 unspecified atom stereocenters. The summed E-state index contributed by atoms with van der Waals surface area (Å²) in [5.74, 6) is 0. The Morgan fingerprint density at radius 1 is 1.11 bits per heavy atom. The molecule has 27 heavy (non-hydrogen) atoms. The van der Waals surface area contributed by atoms with Gasteiger partial charge in [0.1, 0.15) is 0 Å². The second kappa shape index (κ2) is 7.66. The Morgan fingerprint density at radius 2 is 1.89 bits per heavy atom. The van der Waals surface area contributed by atoms with E-state index < -0.39 is 0 Å². The molecule has 0 radical (unpaired) electrons. The monoisotopic (exact) mass is 377 g/mol. The lowest BCUT2D eigenvalue weighted by Crippen LogP contribution is -2.36. The third-order valence-corrected chi connectivity index (χ3v) is 5.09. The first-order valence-electron chi connectivity index (χ1n) is 8.67. The summed E-state index contributed by atoms with van der Waals surface area (Å²) in [6, 6.07) is 15.9. The number of anilines is 4. The fourth-order valence-electron chi connectivity index (χ4n) is 3.05. The molecule has 3 aromatic rings. The zero-order valence-electron chi connectivity index (χ0n) is 14.7. The number of hydrogen-bond donors (Lipinski definition) is 2. The Bertz CT molecular complexity index is 971. The Kier molecular flexibility index (Phi) is 4.92. The number of ether oxygens (including phenoxy) is 1. The molecule has 136 valence electrons. The summed E-state index contributed by atoms with van der Waals surface area (Å²) in [6.07, 6.45) is 0. The highest BCUT2D eigenvalue weighted by Gasteiger charge is 2.14. The van der Waals surface area contributed by atoms with E-state index in [-0.39, 0.29) is 0 Å². The van der Waals surface area contributed by atoms with Crippen molar-refractivity contribution in [3.8, 4) is 17.3 Å². The van der Waals surface area contributed by atoms with Crippen molar-refractivity contribution in [3.05, 3.63) is 53.4 Å². The summed E-state index contributed by atoms with van der Waals surface area (Å²) in [5.41, 5.74) is 11.4. The van der Waals surface area contributed by atoms with E-state index in [1.165, 1.54) is 11.3 Å². The summed E-state index contributed by atoms with van der Waals surface area (Å²) < 4.78 is 5.48. The maximum absolute atomic E-state index is 8.96. The molecule has 1 aliphatic heterocycles. The Labute approximate surface area is 161 Å². The fraction of sp³-hybridized carbons (Fsp3) is 0.200. The van der Waals surface area contributed by atoms with Crippen LogP contribution in [0, 0.1) is 11.3 Å². The number of nitrogens with two attached hydrogens (primary N) is 1. The lowest BCUT2D eigenvalue weighted by Gasteiger charge is -2.29. The standard InChI is InChI=1S/C20H19N5OS/c21-12-14-1-3-16(4-2-14)23-17-9-15(19-13-27-20(22)24-19)10-18(11-17)25-5-7-26-8-6-25/h1-4,9-11,13,23H,5-8H2,(H2,22,24). The number of rotatable bonds is 4. The van der Waals surface area contributed by atoms with Crippen LogP contribution in [0.25, 0.3) is 11.3 Å². The van der Waals surface area contributed by atoms with E-state index in [2.05, 4.69) is 39.5 Å². The molecule has 4 rings (SSSR count). The molecule has 0 aliphatic carbocycles. The van der Waals surface area contributed by atoms with E-state index in [4.69, 9.17) is 15.7 Å². The van der Waals surface area contributed by atoms with Crippen LogP contribution in [-0.4, -0.2) is 31.3 Å². The van der Waals surface area contributed by atoms with Gasteiger partial charge in [0.05, 0.1) is 30.5 Å². The van der Waals surface area contributed by atoms with Gasteiger partial charge >= 0.3 is 0 Å². The first-order chi connectivity index (χ1) is 13.2. The van der Waals surface area contributed by atoms with E-state index in [0.717, 1.165) is 54.6 Å². The molecule has 0 amide bonds. The Morgan fingerprint density at radius 3 is 2.56 bits per heavy atom. The molecule has 0 saturated carbocycles. The van der Waals surface area contributed by atoms with Gasteiger partial charge in [-0.15, -0.1) is 11.3 Å². The first kappa shape index (κ1) is 17.3. The minimum Gasteiger partial charge on any atom is -0.378 e. The van der Waals surface area contributed by atoms with Gasteiger partial charge in [0.25, 0.3) is 0 Å². The van der Waals surface area contributed by atoms with E-state index in [1.807, 2.05) is 17.5 Å². The molecule has 0 atom stereocenters. The van der Waals surface area contributed by atoms with Crippen LogP contribution in [0.4, 0.5) is 22.2 Å². The predicted molar refractivity (Wildman–Crippen MR) is 109 cm³/mol. The van der Waals surface area contributed by atoms with Crippen molar-refractivity contribution in [1.29, 1.82) is 5.26 Å². The van der Waals surface area contributed by atoms with Crippen molar-refractivity contribution in [3.63, 3.8) is 0 Å². The van der Waals surface area contributed by atoms with Crippen LogP contribution in [0.5, 0.6) is 0 Å². The number of morpholine rings is 1. The van der Waals surface area contributed by atoms with Gasteiger partial charge in [-0.3, -0.25) is 0 Å². The number of nitriles is 1. The SMILES string of the molecule is N#Cc1ccc(Nc2cc(-c3csc(N)n3)cc(N3CCOCC3)c2)cc1. The van der Waals surface area contributed by atoms with Gasteiger partial charge in [-0.25, -0.2) is 4.98 Å². The predicted octanol–water partition coefficient (Wildman–Crippen LogP) is 3.84. The molecular formula is C20H19N5OS. The van der Waals surface area contributed by atoms with Gasteiger partial charge in [-0.1, -0.05) is 0 Å². The number of hydrogen-bond acceptors (Lipinski definition) is 7. The van der Waals surface area contributed by atoms with Crippen LogP contribution < -0.4 is 16.0 Å². The maximum atomic E-state index is 8.96. The summed E-state index contributed by atoms with van der Waals surface area (Å²) in [7, 11) is 0. The molecule has 6 nitrogen and oxygen atoms in total.